The molecular formula is C7H9F2N. The summed E-state index contributed by atoms with van der Waals surface area (Å²) in [7, 11) is 1.50. The van der Waals surface area contributed by atoms with Gasteiger partial charge in [0.1, 0.15) is 11.7 Å². The van der Waals surface area contributed by atoms with E-state index in [0.29, 0.717) is 6.08 Å². The van der Waals surface area contributed by atoms with E-state index in [1.54, 1.807) is 0 Å². The van der Waals surface area contributed by atoms with Crippen molar-refractivity contribution in [3.8, 4) is 0 Å². The van der Waals surface area contributed by atoms with Crippen LogP contribution in [0.25, 0.3) is 0 Å². The van der Waals surface area contributed by atoms with Crippen molar-refractivity contribution in [3.05, 3.63) is 36.6 Å². The lowest BCUT2D eigenvalue weighted by molar-refractivity contribution is 0.613. The van der Waals surface area contributed by atoms with Crippen LogP contribution in [0, 0.1) is 0 Å². The molecule has 0 saturated carbocycles. The molecule has 0 radical (unpaired) electrons. The fraction of sp³-hybridized carbons (Fsp3) is 0.143. The van der Waals surface area contributed by atoms with E-state index in [1.165, 1.54) is 7.05 Å². The maximum atomic E-state index is 12.4. The van der Waals surface area contributed by atoms with Gasteiger partial charge in [-0.05, 0) is 0 Å². The molecular weight excluding hydrogens is 136 g/mol. The van der Waals surface area contributed by atoms with Gasteiger partial charge in [-0.15, -0.1) is 0 Å². The van der Waals surface area contributed by atoms with Crippen molar-refractivity contribution in [3.63, 3.8) is 0 Å². The Hall–Kier alpha value is -1.12. The molecule has 0 rings (SSSR count). The van der Waals surface area contributed by atoms with Gasteiger partial charge < -0.3 is 5.32 Å². The number of likely N-dealkylation sites (N-methyl/N-ethyl adjacent to an activating group) is 1. The van der Waals surface area contributed by atoms with Gasteiger partial charge in [-0.3, -0.25) is 0 Å². The molecule has 0 atom stereocenters. The quantitative estimate of drug-likeness (QED) is 0.599. The van der Waals surface area contributed by atoms with Crippen LogP contribution in [-0.2, 0) is 0 Å². The molecule has 0 fully saturated rings. The molecule has 0 spiro atoms. The van der Waals surface area contributed by atoms with E-state index < -0.39 is 11.7 Å². The highest BCUT2D eigenvalue weighted by Gasteiger charge is 1.97. The van der Waals surface area contributed by atoms with Crippen LogP contribution < -0.4 is 5.32 Å². The zero-order chi connectivity index (χ0) is 8.15. The van der Waals surface area contributed by atoms with Gasteiger partial charge in [-0.25, -0.2) is 8.78 Å². The van der Waals surface area contributed by atoms with Gasteiger partial charge in [0, 0.05) is 13.1 Å². The Kier molecular flexibility index (Phi) is 3.39. The largest absolute Gasteiger partial charge is 0.386 e. The van der Waals surface area contributed by atoms with Crippen molar-refractivity contribution in [1.29, 1.82) is 0 Å². The lowest BCUT2D eigenvalue weighted by Gasteiger charge is -1.98. The topological polar surface area (TPSA) is 12.0 Å². The highest BCUT2D eigenvalue weighted by molar-refractivity contribution is 5.25. The van der Waals surface area contributed by atoms with Gasteiger partial charge in [-0.1, -0.05) is 13.2 Å². The maximum Gasteiger partial charge on any atom is 0.148 e. The summed E-state index contributed by atoms with van der Waals surface area (Å²) < 4.78 is 24.3. The van der Waals surface area contributed by atoms with Crippen molar-refractivity contribution < 1.29 is 8.78 Å². The van der Waals surface area contributed by atoms with Gasteiger partial charge >= 0.3 is 0 Å². The first-order valence-corrected chi connectivity index (χ1v) is 2.66. The molecule has 3 heteroatoms. The number of rotatable bonds is 3. The van der Waals surface area contributed by atoms with E-state index >= 15 is 0 Å². The van der Waals surface area contributed by atoms with Gasteiger partial charge in [0.15, 0.2) is 0 Å². The Morgan fingerprint density at radius 2 is 1.90 bits per heavy atom. The molecule has 0 unspecified atom stereocenters. The minimum Gasteiger partial charge on any atom is -0.386 e. The summed E-state index contributed by atoms with van der Waals surface area (Å²) in [6, 6.07) is 0. The molecule has 0 saturated heterocycles. The average molecular weight is 145 g/mol. The summed E-state index contributed by atoms with van der Waals surface area (Å²) >= 11 is 0. The SMILES string of the molecule is C=C(F)/C=C(/F)C(=C)NC. The fourth-order valence-corrected chi connectivity index (χ4v) is 0.344. The minimum atomic E-state index is -0.825. The normalized spacial score (nSPS) is 10.9. The zero-order valence-electron chi connectivity index (χ0n) is 5.75. The first kappa shape index (κ1) is 8.88. The van der Waals surface area contributed by atoms with Crippen LogP contribution in [0.3, 0.4) is 0 Å². The van der Waals surface area contributed by atoms with Gasteiger partial charge in [-0.2, -0.15) is 0 Å². The van der Waals surface area contributed by atoms with Crippen LogP contribution >= 0.6 is 0 Å². The standard InChI is InChI=1S/C7H9F2N/c1-5(8)4-7(9)6(2)10-3/h4,10H,1-2H2,3H3/b7-4+. The van der Waals surface area contributed by atoms with Crippen LogP contribution in [0.15, 0.2) is 36.6 Å². The fourth-order valence-electron chi connectivity index (χ4n) is 0.344. The third kappa shape index (κ3) is 3.02. The smallest absolute Gasteiger partial charge is 0.148 e. The molecule has 0 bridgehead atoms. The Balaban J connectivity index is 4.19. The highest BCUT2D eigenvalue weighted by atomic mass is 19.1. The summed E-state index contributed by atoms with van der Waals surface area (Å²) in [5.41, 5.74) is 0.0406. The summed E-state index contributed by atoms with van der Waals surface area (Å²) in [6.07, 6.45) is 0.666. The van der Waals surface area contributed by atoms with E-state index in [0.717, 1.165) is 0 Å². The van der Waals surface area contributed by atoms with Gasteiger partial charge in [0.05, 0.1) is 5.70 Å². The molecule has 1 N–H and O–H groups in total. The van der Waals surface area contributed by atoms with E-state index in [4.69, 9.17) is 0 Å². The van der Waals surface area contributed by atoms with E-state index in [1.807, 2.05) is 0 Å². The van der Waals surface area contributed by atoms with Gasteiger partial charge in [0.25, 0.3) is 0 Å². The van der Waals surface area contributed by atoms with E-state index in [2.05, 4.69) is 18.5 Å². The average Bonchev–Trinajstić information content (AvgIpc) is 1.85. The molecule has 0 aromatic carbocycles. The molecule has 56 valence electrons. The molecule has 0 aromatic heterocycles. The predicted molar refractivity (Wildman–Crippen MR) is 37.6 cm³/mol. The second kappa shape index (κ2) is 3.82. The Labute approximate surface area is 58.7 Å². The van der Waals surface area contributed by atoms with Crippen molar-refractivity contribution in [2.24, 2.45) is 0 Å². The molecule has 0 aromatic rings. The van der Waals surface area contributed by atoms with Crippen LogP contribution in [0.1, 0.15) is 0 Å². The van der Waals surface area contributed by atoms with Crippen molar-refractivity contribution in [2.75, 3.05) is 7.05 Å². The minimum absolute atomic E-state index is 0.0406. The highest BCUT2D eigenvalue weighted by Crippen LogP contribution is 2.08. The zero-order valence-corrected chi connectivity index (χ0v) is 5.75. The summed E-state index contributed by atoms with van der Waals surface area (Å²) in [5.74, 6) is -1.57. The number of hydrogen-bond acceptors (Lipinski definition) is 1. The Morgan fingerprint density at radius 3 is 2.20 bits per heavy atom. The van der Waals surface area contributed by atoms with Crippen molar-refractivity contribution >= 4 is 0 Å². The number of hydrogen-bond donors (Lipinski definition) is 1. The first-order chi connectivity index (χ1) is 4.57. The lowest BCUT2D eigenvalue weighted by Crippen LogP contribution is -2.04. The third-order valence-corrected chi connectivity index (χ3v) is 0.873. The Bertz CT molecular complexity index is 182. The monoisotopic (exact) mass is 145 g/mol. The molecule has 0 aliphatic carbocycles. The number of halogens is 2. The number of allylic oxidation sites excluding steroid dienone is 3. The van der Waals surface area contributed by atoms with Gasteiger partial charge in [0.2, 0.25) is 0 Å². The van der Waals surface area contributed by atoms with Crippen molar-refractivity contribution in [1.82, 2.24) is 5.32 Å². The van der Waals surface area contributed by atoms with Crippen LogP contribution in [-0.4, -0.2) is 7.05 Å². The number of nitrogens with one attached hydrogen (secondary N) is 1. The molecule has 10 heavy (non-hydrogen) atoms. The maximum absolute atomic E-state index is 12.4. The molecule has 1 nitrogen and oxygen atoms in total. The van der Waals surface area contributed by atoms with Crippen molar-refractivity contribution in [2.45, 2.75) is 0 Å². The second-order valence-corrected chi connectivity index (χ2v) is 1.67. The third-order valence-electron chi connectivity index (χ3n) is 0.873. The first-order valence-electron chi connectivity index (χ1n) is 2.66. The molecule has 0 aliphatic heterocycles. The van der Waals surface area contributed by atoms with Crippen LogP contribution in [0.4, 0.5) is 8.78 Å². The molecule has 0 aliphatic rings. The van der Waals surface area contributed by atoms with E-state index in [-0.39, 0.29) is 5.70 Å². The summed E-state index contributed by atoms with van der Waals surface area (Å²) in [4.78, 5) is 0. The van der Waals surface area contributed by atoms with E-state index in [9.17, 15) is 8.78 Å². The van der Waals surface area contributed by atoms with Crippen LogP contribution in [0.5, 0.6) is 0 Å². The molecule has 0 amide bonds. The summed E-state index contributed by atoms with van der Waals surface area (Å²) in [6.45, 7) is 6.12. The molecule has 0 heterocycles. The van der Waals surface area contributed by atoms with Crippen LogP contribution in [0.2, 0.25) is 0 Å². The predicted octanol–water partition coefficient (Wildman–Crippen LogP) is 2.06. The second-order valence-electron chi connectivity index (χ2n) is 1.67. The Morgan fingerprint density at radius 1 is 1.40 bits per heavy atom. The lowest BCUT2D eigenvalue weighted by atomic mass is 10.3. The summed E-state index contributed by atoms with van der Waals surface area (Å²) in [5, 5.41) is 2.42.